The van der Waals surface area contributed by atoms with Gasteiger partial charge in [-0.25, -0.2) is 4.79 Å². The molecule has 0 spiro atoms. The van der Waals surface area contributed by atoms with Crippen molar-refractivity contribution in [1.29, 1.82) is 0 Å². The molecule has 1 fully saturated rings. The lowest BCUT2D eigenvalue weighted by atomic mass is 10.0. The quantitative estimate of drug-likeness (QED) is 0.347. The Bertz CT molecular complexity index is 265. The zero-order chi connectivity index (χ0) is 11.5. The highest BCUT2D eigenvalue weighted by Crippen LogP contribution is 2.35. The Morgan fingerprint density at radius 1 is 1.73 bits per heavy atom. The predicted octanol–water partition coefficient (Wildman–Crippen LogP) is 2.83. The number of carbonyl (C=O) groups excluding carboxylic acids is 1. The van der Waals surface area contributed by atoms with Crippen LogP contribution in [0.15, 0.2) is 11.8 Å². The van der Waals surface area contributed by atoms with E-state index in [0.29, 0.717) is 6.61 Å². The van der Waals surface area contributed by atoms with Gasteiger partial charge in [0.1, 0.15) is 11.9 Å². The number of halogens is 1. The van der Waals surface area contributed by atoms with Gasteiger partial charge in [0.2, 0.25) is 0 Å². The minimum atomic E-state index is -0.306. The highest BCUT2D eigenvalue weighted by molar-refractivity contribution is 14.1. The molecule has 0 aromatic rings. The Morgan fingerprint density at radius 3 is 2.87 bits per heavy atom. The van der Waals surface area contributed by atoms with Crippen LogP contribution in [-0.2, 0) is 14.3 Å². The first kappa shape index (κ1) is 12.8. The molecule has 3 nitrogen and oxygen atoms in total. The fourth-order valence-electron chi connectivity index (χ4n) is 1.48. The van der Waals surface area contributed by atoms with Crippen LogP contribution in [0, 0.1) is 0 Å². The van der Waals surface area contributed by atoms with Gasteiger partial charge in [-0.2, -0.15) is 0 Å². The average Bonchev–Trinajstić information content (AvgIpc) is 2.52. The number of hydrogen-bond donors (Lipinski definition) is 0. The number of allylic oxidation sites excluding steroid dienone is 1. The number of rotatable bonds is 3. The van der Waals surface area contributed by atoms with E-state index in [9.17, 15) is 4.79 Å². The molecule has 1 aliphatic heterocycles. The SMILES string of the molecule is CCOC(=O)/C=C1\CCC(C(C)(C)I)O1. The molecule has 4 heteroatoms. The van der Waals surface area contributed by atoms with E-state index in [0.717, 1.165) is 18.6 Å². The van der Waals surface area contributed by atoms with Gasteiger partial charge in [-0.1, -0.05) is 22.6 Å². The van der Waals surface area contributed by atoms with E-state index in [4.69, 9.17) is 9.47 Å². The molecule has 0 saturated carbocycles. The molecule has 1 atom stereocenters. The summed E-state index contributed by atoms with van der Waals surface area (Å²) in [4.78, 5) is 11.2. The Kier molecular flexibility index (Phi) is 4.43. The minimum Gasteiger partial charge on any atom is -0.493 e. The molecule has 0 N–H and O–H groups in total. The van der Waals surface area contributed by atoms with Gasteiger partial charge < -0.3 is 9.47 Å². The van der Waals surface area contributed by atoms with Crippen molar-refractivity contribution in [2.24, 2.45) is 0 Å². The second kappa shape index (κ2) is 5.18. The smallest absolute Gasteiger partial charge is 0.334 e. The van der Waals surface area contributed by atoms with Crippen molar-refractivity contribution < 1.29 is 14.3 Å². The molecular weight excluding hydrogens is 307 g/mol. The number of esters is 1. The van der Waals surface area contributed by atoms with Crippen LogP contribution in [0.5, 0.6) is 0 Å². The van der Waals surface area contributed by atoms with Gasteiger partial charge in [0.05, 0.1) is 16.1 Å². The first-order chi connectivity index (χ1) is 6.93. The number of ether oxygens (including phenoxy) is 2. The molecule has 0 aromatic carbocycles. The Hall–Kier alpha value is -0.260. The number of hydrogen-bond acceptors (Lipinski definition) is 3. The van der Waals surface area contributed by atoms with Crippen LogP contribution in [0.4, 0.5) is 0 Å². The van der Waals surface area contributed by atoms with Crippen molar-refractivity contribution in [2.45, 2.75) is 43.1 Å². The standard InChI is InChI=1S/C11H17IO3/c1-4-14-10(13)7-8-5-6-9(15-8)11(2,3)12/h7,9H,4-6H2,1-3H3/b8-7+. The summed E-state index contributed by atoms with van der Waals surface area (Å²) in [6.45, 7) is 6.46. The first-order valence-corrected chi connectivity index (χ1v) is 6.24. The van der Waals surface area contributed by atoms with Crippen LogP contribution < -0.4 is 0 Å². The van der Waals surface area contributed by atoms with E-state index in [-0.39, 0.29) is 15.5 Å². The second-order valence-electron chi connectivity index (χ2n) is 4.07. The van der Waals surface area contributed by atoms with Crippen LogP contribution in [-0.4, -0.2) is 22.1 Å². The molecule has 86 valence electrons. The summed E-state index contributed by atoms with van der Waals surface area (Å²) >= 11 is 2.37. The van der Waals surface area contributed by atoms with Crippen LogP contribution in [0.3, 0.4) is 0 Å². The lowest BCUT2D eigenvalue weighted by Gasteiger charge is -2.23. The van der Waals surface area contributed by atoms with E-state index in [1.165, 1.54) is 6.08 Å². The summed E-state index contributed by atoms with van der Waals surface area (Å²) in [6.07, 6.45) is 3.46. The molecular formula is C11H17IO3. The summed E-state index contributed by atoms with van der Waals surface area (Å²) in [7, 11) is 0. The van der Waals surface area contributed by atoms with Crippen LogP contribution in [0.2, 0.25) is 0 Å². The van der Waals surface area contributed by atoms with Crippen LogP contribution in [0.25, 0.3) is 0 Å². The summed E-state index contributed by atoms with van der Waals surface area (Å²) in [5.41, 5.74) is 0. The maximum absolute atomic E-state index is 11.2. The Morgan fingerprint density at radius 2 is 2.40 bits per heavy atom. The molecule has 1 unspecified atom stereocenters. The molecule has 0 aliphatic carbocycles. The molecule has 0 amide bonds. The summed E-state index contributed by atoms with van der Waals surface area (Å²) in [5.74, 6) is 0.447. The monoisotopic (exact) mass is 324 g/mol. The van der Waals surface area contributed by atoms with Gasteiger partial charge in [0.25, 0.3) is 0 Å². The maximum atomic E-state index is 11.2. The van der Waals surface area contributed by atoms with Crippen molar-refractivity contribution in [3.63, 3.8) is 0 Å². The lowest BCUT2D eigenvalue weighted by Crippen LogP contribution is -2.28. The van der Waals surface area contributed by atoms with E-state index < -0.39 is 0 Å². The van der Waals surface area contributed by atoms with Crippen LogP contribution >= 0.6 is 22.6 Å². The second-order valence-corrected chi connectivity index (χ2v) is 6.85. The van der Waals surface area contributed by atoms with Gasteiger partial charge >= 0.3 is 5.97 Å². The fraction of sp³-hybridized carbons (Fsp3) is 0.727. The lowest BCUT2D eigenvalue weighted by molar-refractivity contribution is -0.137. The molecule has 0 bridgehead atoms. The third kappa shape index (κ3) is 4.01. The number of alkyl halides is 1. The summed E-state index contributed by atoms with van der Waals surface area (Å²) in [5, 5.41) is 0. The van der Waals surface area contributed by atoms with E-state index in [1.54, 1.807) is 6.92 Å². The highest BCUT2D eigenvalue weighted by Gasteiger charge is 2.33. The van der Waals surface area contributed by atoms with Gasteiger partial charge in [-0.15, -0.1) is 0 Å². The number of carbonyl (C=O) groups is 1. The van der Waals surface area contributed by atoms with Gasteiger partial charge in [0, 0.05) is 6.42 Å². The van der Waals surface area contributed by atoms with Crippen molar-refractivity contribution >= 4 is 28.6 Å². The molecule has 15 heavy (non-hydrogen) atoms. The zero-order valence-electron chi connectivity index (χ0n) is 9.38. The van der Waals surface area contributed by atoms with E-state index in [2.05, 4.69) is 36.4 Å². The normalized spacial score (nSPS) is 24.0. The Balaban J connectivity index is 2.52. The van der Waals surface area contributed by atoms with Crippen molar-refractivity contribution in [2.75, 3.05) is 6.61 Å². The average molecular weight is 324 g/mol. The molecule has 1 saturated heterocycles. The minimum absolute atomic E-state index is 0.0992. The summed E-state index contributed by atoms with van der Waals surface area (Å²) < 4.78 is 10.6. The maximum Gasteiger partial charge on any atom is 0.334 e. The fourth-order valence-corrected chi connectivity index (χ4v) is 1.92. The van der Waals surface area contributed by atoms with Gasteiger partial charge in [0.15, 0.2) is 0 Å². The molecule has 0 aromatic heterocycles. The van der Waals surface area contributed by atoms with Crippen LogP contribution in [0.1, 0.15) is 33.6 Å². The molecule has 1 rings (SSSR count). The third-order valence-electron chi connectivity index (χ3n) is 2.28. The highest BCUT2D eigenvalue weighted by atomic mass is 127. The topological polar surface area (TPSA) is 35.5 Å². The van der Waals surface area contributed by atoms with E-state index in [1.807, 2.05) is 0 Å². The van der Waals surface area contributed by atoms with Gasteiger partial charge in [-0.3, -0.25) is 0 Å². The summed E-state index contributed by atoms with van der Waals surface area (Å²) in [6, 6.07) is 0. The molecule has 0 radical (unpaired) electrons. The van der Waals surface area contributed by atoms with Crippen molar-refractivity contribution in [3.05, 3.63) is 11.8 Å². The zero-order valence-corrected chi connectivity index (χ0v) is 11.5. The Labute approximate surface area is 104 Å². The van der Waals surface area contributed by atoms with Crippen molar-refractivity contribution in [1.82, 2.24) is 0 Å². The first-order valence-electron chi connectivity index (χ1n) is 5.16. The largest absolute Gasteiger partial charge is 0.493 e. The molecule has 1 aliphatic rings. The molecule has 1 heterocycles. The van der Waals surface area contributed by atoms with Crippen molar-refractivity contribution in [3.8, 4) is 0 Å². The predicted molar refractivity (Wildman–Crippen MR) is 66.9 cm³/mol. The van der Waals surface area contributed by atoms with E-state index >= 15 is 0 Å². The van der Waals surface area contributed by atoms with Gasteiger partial charge in [-0.05, 0) is 27.2 Å². The third-order valence-corrected chi connectivity index (χ3v) is 2.97.